The monoisotopic (exact) mass is 249 g/mol. The summed E-state index contributed by atoms with van der Waals surface area (Å²) in [6.07, 6.45) is 3.12. The van der Waals surface area contributed by atoms with E-state index in [0.717, 1.165) is 56.3 Å². The van der Waals surface area contributed by atoms with Crippen molar-refractivity contribution in [3.05, 3.63) is 17.1 Å². The number of aromatic nitrogens is 2. The topological polar surface area (TPSA) is 76.3 Å². The van der Waals surface area contributed by atoms with E-state index in [1.54, 1.807) is 0 Å². The highest BCUT2D eigenvalue weighted by molar-refractivity contribution is 5.48. The Balaban J connectivity index is 1.92. The van der Waals surface area contributed by atoms with Crippen molar-refractivity contribution in [2.75, 3.05) is 32.2 Å². The van der Waals surface area contributed by atoms with Crippen molar-refractivity contribution >= 4 is 5.82 Å². The Labute approximate surface area is 107 Å². The molecule has 1 aliphatic heterocycles. The molecule has 0 amide bonds. The number of nitrogens with one attached hydrogen (secondary N) is 1. The van der Waals surface area contributed by atoms with Gasteiger partial charge in [-0.1, -0.05) is 0 Å². The lowest BCUT2D eigenvalue weighted by Gasteiger charge is -2.29. The van der Waals surface area contributed by atoms with Crippen molar-refractivity contribution in [2.45, 2.75) is 25.4 Å². The number of anilines is 1. The lowest BCUT2D eigenvalue weighted by Crippen LogP contribution is -2.36. The number of hydrazine groups is 1. The standard InChI is InChI=1S/C12H19N5O/c1-17-5-6-18-10(7-17)12-14-9-4-2-3-8(9)11(15-12)16-13/h10H,2-7,13H2,1H3,(H,14,15,16). The summed E-state index contributed by atoms with van der Waals surface area (Å²) >= 11 is 0. The summed E-state index contributed by atoms with van der Waals surface area (Å²) in [7, 11) is 2.09. The molecule has 3 rings (SSSR count). The summed E-state index contributed by atoms with van der Waals surface area (Å²) < 4.78 is 5.76. The molecule has 3 N–H and O–H groups in total. The van der Waals surface area contributed by atoms with Crippen molar-refractivity contribution < 1.29 is 4.74 Å². The van der Waals surface area contributed by atoms with Gasteiger partial charge >= 0.3 is 0 Å². The van der Waals surface area contributed by atoms with Crippen LogP contribution in [0, 0.1) is 0 Å². The number of fused-ring (bicyclic) bond motifs is 1. The van der Waals surface area contributed by atoms with E-state index in [9.17, 15) is 0 Å². The number of likely N-dealkylation sites (N-methyl/N-ethyl adjacent to an activating group) is 1. The highest BCUT2D eigenvalue weighted by Crippen LogP contribution is 2.28. The lowest BCUT2D eigenvalue weighted by molar-refractivity contribution is -0.0255. The SMILES string of the molecule is CN1CCOC(c2nc3c(c(NN)n2)CCC3)C1. The highest BCUT2D eigenvalue weighted by atomic mass is 16.5. The number of rotatable bonds is 2. The van der Waals surface area contributed by atoms with Gasteiger partial charge in [-0.2, -0.15) is 0 Å². The van der Waals surface area contributed by atoms with Gasteiger partial charge in [0, 0.05) is 24.3 Å². The van der Waals surface area contributed by atoms with Gasteiger partial charge in [0.05, 0.1) is 6.61 Å². The van der Waals surface area contributed by atoms with Crippen LogP contribution < -0.4 is 11.3 Å². The van der Waals surface area contributed by atoms with Gasteiger partial charge in [0.2, 0.25) is 0 Å². The van der Waals surface area contributed by atoms with Gasteiger partial charge in [-0.3, -0.25) is 0 Å². The summed E-state index contributed by atoms with van der Waals surface area (Å²) in [5.74, 6) is 7.08. The summed E-state index contributed by atoms with van der Waals surface area (Å²) in [4.78, 5) is 11.4. The maximum Gasteiger partial charge on any atom is 0.161 e. The summed E-state index contributed by atoms with van der Waals surface area (Å²) in [6.45, 7) is 2.53. The van der Waals surface area contributed by atoms with Crippen LogP contribution in [0.1, 0.15) is 29.6 Å². The highest BCUT2D eigenvalue weighted by Gasteiger charge is 2.26. The number of aryl methyl sites for hydroxylation is 1. The Hall–Kier alpha value is -1.24. The second kappa shape index (κ2) is 4.79. The lowest BCUT2D eigenvalue weighted by atomic mass is 10.2. The van der Waals surface area contributed by atoms with Gasteiger partial charge < -0.3 is 15.1 Å². The second-order valence-corrected chi connectivity index (χ2v) is 4.98. The third-order valence-electron chi connectivity index (χ3n) is 3.64. The summed E-state index contributed by atoms with van der Waals surface area (Å²) in [5, 5.41) is 0. The second-order valence-electron chi connectivity index (χ2n) is 4.98. The van der Waals surface area contributed by atoms with Crippen LogP contribution in [0.4, 0.5) is 5.82 Å². The fraction of sp³-hybridized carbons (Fsp3) is 0.667. The average Bonchev–Trinajstić information content (AvgIpc) is 2.85. The van der Waals surface area contributed by atoms with Crippen LogP contribution in [0.2, 0.25) is 0 Å². The zero-order valence-corrected chi connectivity index (χ0v) is 10.6. The summed E-state index contributed by atoms with van der Waals surface area (Å²) in [5.41, 5.74) is 5.00. The molecular weight excluding hydrogens is 230 g/mol. The molecule has 1 atom stereocenters. The van der Waals surface area contributed by atoms with Gasteiger partial charge in [-0.15, -0.1) is 0 Å². The quantitative estimate of drug-likeness (QED) is 0.578. The third kappa shape index (κ3) is 2.07. The maximum atomic E-state index is 5.76. The number of nitrogens with two attached hydrogens (primary N) is 1. The Bertz CT molecular complexity index is 450. The minimum absolute atomic E-state index is 0.0400. The third-order valence-corrected chi connectivity index (χ3v) is 3.64. The van der Waals surface area contributed by atoms with Crippen LogP contribution in [0.15, 0.2) is 0 Å². The Morgan fingerprint density at radius 1 is 1.39 bits per heavy atom. The molecule has 0 saturated carbocycles. The Morgan fingerprint density at radius 2 is 2.28 bits per heavy atom. The van der Waals surface area contributed by atoms with E-state index in [0.29, 0.717) is 0 Å². The Morgan fingerprint density at radius 3 is 3.06 bits per heavy atom. The predicted molar refractivity (Wildman–Crippen MR) is 68.1 cm³/mol. The van der Waals surface area contributed by atoms with E-state index in [-0.39, 0.29) is 6.10 Å². The van der Waals surface area contributed by atoms with Crippen molar-refractivity contribution in [1.29, 1.82) is 0 Å². The first-order chi connectivity index (χ1) is 8.78. The molecule has 1 unspecified atom stereocenters. The van der Waals surface area contributed by atoms with Crippen molar-refractivity contribution in [1.82, 2.24) is 14.9 Å². The minimum atomic E-state index is -0.0400. The molecular formula is C12H19N5O. The van der Waals surface area contributed by atoms with Crippen molar-refractivity contribution in [2.24, 2.45) is 5.84 Å². The normalized spacial score (nSPS) is 24.0. The molecule has 0 radical (unpaired) electrons. The zero-order chi connectivity index (χ0) is 12.5. The number of nitrogens with zero attached hydrogens (tertiary/aromatic N) is 3. The number of hydrogen-bond acceptors (Lipinski definition) is 6. The molecule has 6 heteroatoms. The van der Waals surface area contributed by atoms with Gasteiger partial charge in [-0.25, -0.2) is 15.8 Å². The molecule has 18 heavy (non-hydrogen) atoms. The molecule has 1 aliphatic carbocycles. The van der Waals surface area contributed by atoms with E-state index in [1.165, 1.54) is 5.56 Å². The maximum absolute atomic E-state index is 5.76. The van der Waals surface area contributed by atoms with E-state index < -0.39 is 0 Å². The molecule has 0 spiro atoms. The zero-order valence-electron chi connectivity index (χ0n) is 10.6. The smallest absolute Gasteiger partial charge is 0.161 e. The van der Waals surface area contributed by atoms with Crippen molar-refractivity contribution in [3.63, 3.8) is 0 Å². The van der Waals surface area contributed by atoms with Crippen LogP contribution in [0.5, 0.6) is 0 Å². The molecule has 6 nitrogen and oxygen atoms in total. The van der Waals surface area contributed by atoms with E-state index >= 15 is 0 Å². The van der Waals surface area contributed by atoms with Gasteiger partial charge in [-0.05, 0) is 26.3 Å². The van der Waals surface area contributed by atoms with E-state index in [4.69, 9.17) is 10.6 Å². The first-order valence-corrected chi connectivity index (χ1v) is 6.44. The Kier molecular flexibility index (Phi) is 3.15. The molecule has 1 saturated heterocycles. The minimum Gasteiger partial charge on any atom is -0.368 e. The van der Waals surface area contributed by atoms with Gasteiger partial charge in [0.15, 0.2) is 5.82 Å². The first kappa shape index (κ1) is 11.8. The molecule has 1 aromatic rings. The molecule has 2 heterocycles. The van der Waals surface area contributed by atoms with Gasteiger partial charge in [0.1, 0.15) is 11.9 Å². The predicted octanol–water partition coefficient (Wildman–Crippen LogP) is 0.254. The number of ether oxygens (including phenoxy) is 1. The molecule has 1 aromatic heterocycles. The largest absolute Gasteiger partial charge is 0.368 e. The number of nitrogen functional groups attached to an aromatic ring is 1. The number of hydrogen-bond donors (Lipinski definition) is 2. The molecule has 98 valence electrons. The van der Waals surface area contributed by atoms with Crippen LogP contribution in [-0.4, -0.2) is 41.6 Å². The summed E-state index contributed by atoms with van der Waals surface area (Å²) in [6, 6.07) is 0. The molecule has 0 bridgehead atoms. The molecule has 2 aliphatic rings. The molecule has 0 aromatic carbocycles. The average molecular weight is 249 g/mol. The van der Waals surface area contributed by atoms with Crippen LogP contribution >= 0.6 is 0 Å². The fourth-order valence-electron chi connectivity index (χ4n) is 2.65. The van der Waals surface area contributed by atoms with Gasteiger partial charge in [0.25, 0.3) is 0 Å². The van der Waals surface area contributed by atoms with E-state index in [1.807, 2.05) is 0 Å². The van der Waals surface area contributed by atoms with E-state index in [2.05, 4.69) is 27.3 Å². The first-order valence-electron chi connectivity index (χ1n) is 6.44. The van der Waals surface area contributed by atoms with Crippen LogP contribution in [0.25, 0.3) is 0 Å². The van der Waals surface area contributed by atoms with Crippen LogP contribution in [0.3, 0.4) is 0 Å². The van der Waals surface area contributed by atoms with Crippen LogP contribution in [-0.2, 0) is 17.6 Å². The fourth-order valence-corrected chi connectivity index (χ4v) is 2.65. The van der Waals surface area contributed by atoms with Crippen molar-refractivity contribution in [3.8, 4) is 0 Å². The molecule has 1 fully saturated rings. The number of morpholine rings is 1.